The number of hydrogen-bond donors (Lipinski definition) is 2. The molecule has 2 aliphatic rings. The van der Waals surface area contributed by atoms with Crippen molar-refractivity contribution < 1.29 is 14.4 Å². The molecule has 3 amide bonds. The molecule has 2 saturated heterocycles. The number of piperazine rings is 2. The first-order valence-electron chi connectivity index (χ1n) is 7.71. The van der Waals surface area contributed by atoms with Gasteiger partial charge in [-0.15, -0.1) is 0 Å². The lowest BCUT2D eigenvalue weighted by Gasteiger charge is -2.43. The topological polar surface area (TPSA) is 81.8 Å². The quantitative estimate of drug-likeness (QED) is 0.756. The minimum atomic E-state index is -0.509. The third-order valence-corrected chi connectivity index (χ3v) is 4.24. The smallest absolute Gasteiger partial charge is 0.312 e. The van der Waals surface area contributed by atoms with Crippen molar-refractivity contribution in [1.82, 2.24) is 15.1 Å². The normalized spacial score (nSPS) is 21.6. The highest BCUT2D eigenvalue weighted by Crippen LogP contribution is 2.20. The Morgan fingerprint density at radius 2 is 2.09 bits per heavy atom. The summed E-state index contributed by atoms with van der Waals surface area (Å²) in [6.45, 7) is 4.66. The first kappa shape index (κ1) is 15.5. The Morgan fingerprint density at radius 1 is 1.30 bits per heavy atom. The SMILES string of the molecule is CC(=O)Nc1ccccc1CN1CCN2C(=O)C(=O)NCC2C1. The number of fused-ring (bicyclic) bond motifs is 1. The van der Waals surface area contributed by atoms with Crippen molar-refractivity contribution in [2.24, 2.45) is 0 Å². The fourth-order valence-electron chi connectivity index (χ4n) is 3.13. The molecular formula is C16H20N4O3. The minimum absolute atomic E-state index is 0.0156. The van der Waals surface area contributed by atoms with Crippen LogP contribution in [0.15, 0.2) is 24.3 Å². The number of carbonyl (C=O) groups excluding carboxylic acids is 3. The molecule has 0 aliphatic carbocycles. The molecule has 0 bridgehead atoms. The predicted octanol–water partition coefficient (Wildman–Crippen LogP) is -0.212. The van der Waals surface area contributed by atoms with Gasteiger partial charge in [0.25, 0.3) is 0 Å². The van der Waals surface area contributed by atoms with Crippen molar-refractivity contribution in [3.63, 3.8) is 0 Å². The second-order valence-corrected chi connectivity index (χ2v) is 5.94. The van der Waals surface area contributed by atoms with E-state index in [9.17, 15) is 14.4 Å². The van der Waals surface area contributed by atoms with Gasteiger partial charge in [0.2, 0.25) is 5.91 Å². The van der Waals surface area contributed by atoms with Gasteiger partial charge < -0.3 is 15.5 Å². The van der Waals surface area contributed by atoms with Gasteiger partial charge in [-0.05, 0) is 11.6 Å². The fraction of sp³-hybridized carbons (Fsp3) is 0.438. The Kier molecular flexibility index (Phi) is 4.29. The van der Waals surface area contributed by atoms with Crippen molar-refractivity contribution in [3.05, 3.63) is 29.8 Å². The second kappa shape index (κ2) is 6.37. The lowest BCUT2D eigenvalue weighted by molar-refractivity contribution is -0.152. The Morgan fingerprint density at radius 3 is 2.87 bits per heavy atom. The summed E-state index contributed by atoms with van der Waals surface area (Å²) in [7, 11) is 0. The number of nitrogens with zero attached hydrogens (tertiary/aromatic N) is 2. The summed E-state index contributed by atoms with van der Waals surface area (Å²) in [4.78, 5) is 38.5. The maximum absolute atomic E-state index is 11.8. The first-order chi connectivity index (χ1) is 11.0. The van der Waals surface area contributed by atoms with Gasteiger partial charge in [0, 0.05) is 45.3 Å². The minimum Gasteiger partial charge on any atom is -0.346 e. The zero-order valence-electron chi connectivity index (χ0n) is 13.0. The van der Waals surface area contributed by atoms with Crippen molar-refractivity contribution in [2.45, 2.75) is 19.5 Å². The van der Waals surface area contributed by atoms with Gasteiger partial charge >= 0.3 is 11.8 Å². The van der Waals surface area contributed by atoms with Crippen LogP contribution in [0.4, 0.5) is 5.69 Å². The zero-order chi connectivity index (χ0) is 16.4. The maximum atomic E-state index is 11.8. The largest absolute Gasteiger partial charge is 0.346 e. The van der Waals surface area contributed by atoms with Crippen molar-refractivity contribution in [3.8, 4) is 0 Å². The number of amides is 3. The Balaban J connectivity index is 1.68. The second-order valence-electron chi connectivity index (χ2n) is 5.94. The molecule has 0 aromatic heterocycles. The first-order valence-corrected chi connectivity index (χ1v) is 7.71. The summed E-state index contributed by atoms with van der Waals surface area (Å²) in [5.74, 6) is -1.03. The zero-order valence-corrected chi connectivity index (χ0v) is 13.0. The van der Waals surface area contributed by atoms with E-state index in [4.69, 9.17) is 0 Å². The molecule has 2 fully saturated rings. The van der Waals surface area contributed by atoms with Gasteiger partial charge in [0.15, 0.2) is 0 Å². The van der Waals surface area contributed by atoms with Crippen molar-refractivity contribution in [1.29, 1.82) is 0 Å². The Bertz CT molecular complexity index is 646. The molecule has 7 heteroatoms. The average molecular weight is 316 g/mol. The van der Waals surface area contributed by atoms with E-state index in [0.717, 1.165) is 11.3 Å². The van der Waals surface area contributed by atoms with Crippen LogP contribution in [0.1, 0.15) is 12.5 Å². The predicted molar refractivity (Wildman–Crippen MR) is 84.5 cm³/mol. The summed E-state index contributed by atoms with van der Waals surface area (Å²) in [5.41, 5.74) is 1.86. The monoisotopic (exact) mass is 316 g/mol. The molecule has 2 heterocycles. The molecule has 1 unspecified atom stereocenters. The maximum Gasteiger partial charge on any atom is 0.312 e. The van der Waals surface area contributed by atoms with Gasteiger partial charge in [0.1, 0.15) is 0 Å². The van der Waals surface area contributed by atoms with Crippen molar-refractivity contribution >= 4 is 23.4 Å². The van der Waals surface area contributed by atoms with Crippen LogP contribution in [-0.2, 0) is 20.9 Å². The van der Waals surface area contributed by atoms with Crippen LogP contribution in [0.25, 0.3) is 0 Å². The lowest BCUT2D eigenvalue weighted by atomic mass is 10.1. The molecule has 7 nitrogen and oxygen atoms in total. The summed E-state index contributed by atoms with van der Waals surface area (Å²) in [6, 6.07) is 7.73. The van der Waals surface area contributed by atoms with Gasteiger partial charge in [0.05, 0.1) is 6.04 Å². The van der Waals surface area contributed by atoms with Crippen molar-refractivity contribution in [2.75, 3.05) is 31.5 Å². The van der Waals surface area contributed by atoms with Crippen LogP contribution in [-0.4, -0.2) is 59.7 Å². The third-order valence-electron chi connectivity index (χ3n) is 4.24. The summed E-state index contributed by atoms with van der Waals surface area (Å²) >= 11 is 0. The van der Waals surface area contributed by atoms with Crippen LogP contribution >= 0.6 is 0 Å². The molecule has 0 radical (unpaired) electrons. The fourth-order valence-corrected chi connectivity index (χ4v) is 3.13. The molecule has 23 heavy (non-hydrogen) atoms. The van der Waals surface area contributed by atoms with E-state index in [0.29, 0.717) is 32.7 Å². The highest BCUT2D eigenvalue weighted by Gasteiger charge is 2.37. The Labute approximate surface area is 134 Å². The molecule has 2 aliphatic heterocycles. The van der Waals surface area contributed by atoms with Gasteiger partial charge in [-0.1, -0.05) is 18.2 Å². The number of carbonyl (C=O) groups is 3. The molecule has 2 N–H and O–H groups in total. The lowest BCUT2D eigenvalue weighted by Crippen LogP contribution is -2.65. The van der Waals surface area contributed by atoms with E-state index in [1.165, 1.54) is 6.92 Å². The molecule has 1 atom stereocenters. The van der Waals surface area contributed by atoms with Gasteiger partial charge in [-0.2, -0.15) is 0 Å². The molecule has 0 saturated carbocycles. The molecule has 122 valence electrons. The van der Waals surface area contributed by atoms with E-state index in [-0.39, 0.29) is 11.9 Å². The summed E-state index contributed by atoms with van der Waals surface area (Å²) in [5, 5.41) is 5.48. The molecule has 1 aromatic rings. The highest BCUT2D eigenvalue weighted by atomic mass is 16.2. The summed E-state index contributed by atoms with van der Waals surface area (Å²) in [6.07, 6.45) is 0. The number of nitrogens with one attached hydrogen (secondary N) is 2. The molecule has 0 spiro atoms. The molecular weight excluding hydrogens is 296 g/mol. The highest BCUT2D eigenvalue weighted by molar-refractivity contribution is 6.35. The van der Waals surface area contributed by atoms with E-state index in [2.05, 4.69) is 15.5 Å². The van der Waals surface area contributed by atoms with Crippen LogP contribution in [0, 0.1) is 0 Å². The Hall–Kier alpha value is -2.41. The van der Waals surface area contributed by atoms with Crippen LogP contribution in [0.2, 0.25) is 0 Å². The number of rotatable bonds is 3. The standard InChI is InChI=1S/C16H20N4O3/c1-11(21)18-14-5-3-2-4-12(14)9-19-6-7-20-13(10-19)8-17-15(22)16(20)23/h2-5,13H,6-10H2,1H3,(H,17,22)(H,18,21). The van der Waals surface area contributed by atoms with E-state index in [1.807, 2.05) is 24.3 Å². The van der Waals surface area contributed by atoms with Gasteiger partial charge in [-0.3, -0.25) is 19.3 Å². The van der Waals surface area contributed by atoms with Crippen LogP contribution in [0.5, 0.6) is 0 Å². The third kappa shape index (κ3) is 3.34. The average Bonchev–Trinajstić information content (AvgIpc) is 2.52. The number of anilines is 1. The number of hydrogen-bond acceptors (Lipinski definition) is 4. The van der Waals surface area contributed by atoms with Crippen LogP contribution in [0.3, 0.4) is 0 Å². The molecule has 3 rings (SSSR count). The van der Waals surface area contributed by atoms with Crippen LogP contribution < -0.4 is 10.6 Å². The molecule has 1 aromatic carbocycles. The number of benzene rings is 1. The number of para-hydroxylation sites is 1. The van der Waals surface area contributed by atoms with E-state index in [1.54, 1.807) is 4.90 Å². The van der Waals surface area contributed by atoms with E-state index >= 15 is 0 Å². The summed E-state index contributed by atoms with van der Waals surface area (Å²) < 4.78 is 0. The van der Waals surface area contributed by atoms with Gasteiger partial charge in [-0.25, -0.2) is 0 Å². The van der Waals surface area contributed by atoms with E-state index < -0.39 is 11.8 Å².